The zero-order valence-corrected chi connectivity index (χ0v) is 19.6. The Hall–Kier alpha value is -3.92. The van der Waals surface area contributed by atoms with Gasteiger partial charge in [-0.2, -0.15) is 13.2 Å². The number of methoxy groups -OCH3 is 1. The van der Waals surface area contributed by atoms with Crippen molar-refractivity contribution >= 4 is 17.7 Å². The standard InChI is InChI=1S/C26H26F3N3O4/c1-36-16-4-15-31(25(33)13-10-20-8-11-23(12-9-20)32(34)35)19-24-7-3-14-30(24)18-21-5-2-6-22(17-21)26(27,28)29/h2-3,5-14,17H,4,15-16,18-19H2,1H3. The fraction of sp³-hybridized carbons (Fsp3) is 0.269. The van der Waals surface area contributed by atoms with Crippen LogP contribution in [0, 0.1) is 10.1 Å². The first kappa shape index (κ1) is 26.7. The summed E-state index contributed by atoms with van der Waals surface area (Å²) in [7, 11) is 1.57. The van der Waals surface area contributed by atoms with Gasteiger partial charge in [-0.15, -0.1) is 0 Å². The second-order valence-corrected chi connectivity index (χ2v) is 8.11. The lowest BCUT2D eigenvalue weighted by Crippen LogP contribution is -2.31. The van der Waals surface area contributed by atoms with Crippen LogP contribution in [0.25, 0.3) is 6.08 Å². The molecule has 0 aliphatic carbocycles. The molecule has 1 heterocycles. The molecule has 36 heavy (non-hydrogen) atoms. The number of nitrogens with zero attached hydrogens (tertiary/aromatic N) is 3. The lowest BCUT2D eigenvalue weighted by Gasteiger charge is -2.22. The topological polar surface area (TPSA) is 77.6 Å². The van der Waals surface area contributed by atoms with Crippen LogP contribution in [0.5, 0.6) is 0 Å². The van der Waals surface area contributed by atoms with Gasteiger partial charge < -0.3 is 14.2 Å². The van der Waals surface area contributed by atoms with Crippen molar-refractivity contribution in [2.45, 2.75) is 25.7 Å². The van der Waals surface area contributed by atoms with Gasteiger partial charge in [0.25, 0.3) is 5.69 Å². The number of halogens is 3. The van der Waals surface area contributed by atoms with Gasteiger partial charge in [-0.25, -0.2) is 0 Å². The molecule has 0 aliphatic rings. The van der Waals surface area contributed by atoms with Crippen LogP contribution in [-0.4, -0.2) is 40.6 Å². The van der Waals surface area contributed by atoms with E-state index in [1.807, 2.05) is 10.6 Å². The third-order valence-electron chi connectivity index (χ3n) is 5.49. The zero-order valence-electron chi connectivity index (χ0n) is 19.6. The van der Waals surface area contributed by atoms with Crippen molar-refractivity contribution in [3.05, 3.63) is 105 Å². The number of benzene rings is 2. The molecule has 3 rings (SSSR count). The van der Waals surface area contributed by atoms with E-state index in [0.29, 0.717) is 30.7 Å². The van der Waals surface area contributed by atoms with Crippen molar-refractivity contribution in [1.29, 1.82) is 0 Å². The van der Waals surface area contributed by atoms with E-state index in [1.165, 1.54) is 24.3 Å². The molecular formula is C26H26F3N3O4. The van der Waals surface area contributed by atoms with Gasteiger partial charge in [0.1, 0.15) is 0 Å². The Morgan fingerprint density at radius 1 is 1.14 bits per heavy atom. The van der Waals surface area contributed by atoms with Gasteiger partial charge in [0.15, 0.2) is 0 Å². The average Bonchev–Trinajstić information content (AvgIpc) is 3.28. The monoisotopic (exact) mass is 501 g/mol. The fourth-order valence-electron chi connectivity index (χ4n) is 3.63. The molecule has 0 atom stereocenters. The number of aromatic nitrogens is 1. The molecule has 3 aromatic rings. The largest absolute Gasteiger partial charge is 0.416 e. The average molecular weight is 502 g/mol. The molecule has 0 unspecified atom stereocenters. The summed E-state index contributed by atoms with van der Waals surface area (Å²) in [5.74, 6) is -0.267. The Morgan fingerprint density at radius 3 is 2.56 bits per heavy atom. The van der Waals surface area contributed by atoms with E-state index < -0.39 is 16.7 Å². The number of hydrogen-bond donors (Lipinski definition) is 0. The number of carbonyl (C=O) groups is 1. The molecular weight excluding hydrogens is 475 g/mol. The lowest BCUT2D eigenvalue weighted by molar-refractivity contribution is -0.384. The van der Waals surface area contributed by atoms with Gasteiger partial charge >= 0.3 is 6.18 Å². The quantitative estimate of drug-likeness (QED) is 0.150. The first-order valence-electron chi connectivity index (χ1n) is 11.2. The maximum absolute atomic E-state index is 13.1. The molecule has 190 valence electrons. The zero-order chi connectivity index (χ0) is 26.1. The molecule has 10 heteroatoms. The normalized spacial score (nSPS) is 11.7. The molecule has 0 saturated heterocycles. The number of nitro benzene ring substituents is 1. The smallest absolute Gasteiger partial charge is 0.385 e. The molecule has 1 amide bonds. The summed E-state index contributed by atoms with van der Waals surface area (Å²) in [6, 6.07) is 14.6. The first-order valence-corrected chi connectivity index (χ1v) is 11.2. The van der Waals surface area contributed by atoms with Crippen molar-refractivity contribution in [2.75, 3.05) is 20.3 Å². The van der Waals surface area contributed by atoms with Gasteiger partial charge in [-0.3, -0.25) is 14.9 Å². The maximum atomic E-state index is 13.1. The molecule has 2 aromatic carbocycles. The molecule has 0 spiro atoms. The Morgan fingerprint density at radius 2 is 1.89 bits per heavy atom. The number of rotatable bonds is 11. The number of nitro groups is 1. The van der Waals surface area contributed by atoms with Crippen LogP contribution in [-0.2, 0) is 28.8 Å². The summed E-state index contributed by atoms with van der Waals surface area (Å²) in [6.45, 7) is 1.34. The minimum Gasteiger partial charge on any atom is -0.385 e. The number of ether oxygens (including phenoxy) is 1. The van der Waals surface area contributed by atoms with E-state index in [-0.39, 0.29) is 24.7 Å². The van der Waals surface area contributed by atoms with Gasteiger partial charge in [0.2, 0.25) is 5.91 Å². The fourth-order valence-corrected chi connectivity index (χ4v) is 3.63. The molecule has 0 bridgehead atoms. The van der Waals surface area contributed by atoms with Crippen molar-refractivity contribution in [3.8, 4) is 0 Å². The third-order valence-corrected chi connectivity index (χ3v) is 5.49. The number of carbonyl (C=O) groups excluding carboxylic acids is 1. The Kier molecular flexibility index (Phi) is 9.02. The highest BCUT2D eigenvalue weighted by Gasteiger charge is 2.30. The van der Waals surface area contributed by atoms with E-state index in [0.717, 1.165) is 17.8 Å². The third kappa shape index (κ3) is 7.54. The van der Waals surface area contributed by atoms with Crippen LogP contribution in [0.15, 0.2) is 72.9 Å². The Bertz CT molecular complexity index is 1200. The highest BCUT2D eigenvalue weighted by molar-refractivity contribution is 5.91. The number of alkyl halides is 3. The van der Waals surface area contributed by atoms with Crippen molar-refractivity contribution < 1.29 is 27.6 Å². The van der Waals surface area contributed by atoms with Crippen molar-refractivity contribution in [2.24, 2.45) is 0 Å². The van der Waals surface area contributed by atoms with E-state index >= 15 is 0 Å². The van der Waals surface area contributed by atoms with E-state index in [1.54, 1.807) is 48.5 Å². The highest BCUT2D eigenvalue weighted by Crippen LogP contribution is 2.29. The van der Waals surface area contributed by atoms with E-state index in [9.17, 15) is 28.1 Å². The van der Waals surface area contributed by atoms with Crippen LogP contribution < -0.4 is 0 Å². The molecule has 7 nitrogen and oxygen atoms in total. The van der Waals surface area contributed by atoms with Gasteiger partial charge in [-0.1, -0.05) is 12.1 Å². The number of non-ortho nitro benzene ring substituents is 1. The summed E-state index contributed by atoms with van der Waals surface area (Å²) in [5, 5.41) is 10.8. The Balaban J connectivity index is 1.75. The molecule has 0 radical (unpaired) electrons. The molecule has 0 N–H and O–H groups in total. The SMILES string of the molecule is COCCCN(Cc1cccn1Cc1cccc(C(F)(F)F)c1)C(=O)C=Cc1ccc([N+](=O)[O-])cc1. The number of amides is 1. The lowest BCUT2D eigenvalue weighted by atomic mass is 10.1. The van der Waals surface area contributed by atoms with Gasteiger partial charge in [0.05, 0.1) is 17.0 Å². The summed E-state index contributed by atoms with van der Waals surface area (Å²) in [5.41, 5.74) is 1.15. The molecule has 0 aliphatic heterocycles. The number of hydrogen-bond acceptors (Lipinski definition) is 4. The van der Waals surface area contributed by atoms with Crippen LogP contribution >= 0.6 is 0 Å². The minimum absolute atomic E-state index is 0.0406. The van der Waals surface area contributed by atoms with Gasteiger partial charge in [-0.05, 0) is 60.0 Å². The maximum Gasteiger partial charge on any atom is 0.416 e. The predicted octanol–water partition coefficient (Wildman–Crippen LogP) is 5.54. The summed E-state index contributed by atoms with van der Waals surface area (Å²) >= 11 is 0. The summed E-state index contributed by atoms with van der Waals surface area (Å²) in [4.78, 5) is 24.9. The van der Waals surface area contributed by atoms with Crippen LogP contribution in [0.3, 0.4) is 0 Å². The summed E-state index contributed by atoms with van der Waals surface area (Å²) < 4.78 is 46.2. The van der Waals surface area contributed by atoms with E-state index in [4.69, 9.17) is 4.74 Å². The van der Waals surface area contributed by atoms with Crippen LogP contribution in [0.2, 0.25) is 0 Å². The molecule has 0 fully saturated rings. The second kappa shape index (κ2) is 12.2. The first-order chi connectivity index (χ1) is 17.2. The van der Waals surface area contributed by atoms with Crippen molar-refractivity contribution in [3.63, 3.8) is 0 Å². The van der Waals surface area contributed by atoms with Crippen LogP contribution in [0.4, 0.5) is 18.9 Å². The molecule has 0 saturated carbocycles. The predicted molar refractivity (Wildman–Crippen MR) is 129 cm³/mol. The van der Waals surface area contributed by atoms with Crippen molar-refractivity contribution in [1.82, 2.24) is 9.47 Å². The highest BCUT2D eigenvalue weighted by atomic mass is 19.4. The van der Waals surface area contributed by atoms with E-state index in [2.05, 4.69) is 0 Å². The Labute approximate surface area is 206 Å². The van der Waals surface area contributed by atoms with Gasteiger partial charge in [0, 0.05) is 56.9 Å². The minimum atomic E-state index is -4.42. The molecule has 1 aromatic heterocycles. The summed E-state index contributed by atoms with van der Waals surface area (Å²) in [6.07, 6.45) is 0.920. The second-order valence-electron chi connectivity index (χ2n) is 8.11. The van der Waals surface area contributed by atoms with Crippen LogP contribution in [0.1, 0.15) is 28.8 Å².